The Bertz CT molecular complexity index is 1380. The number of para-hydroxylation sites is 2. The number of hydrogen-bond donors (Lipinski definition) is 4. The monoisotopic (exact) mass is 670 g/mol. The SMILES string of the molecule is COc1cccc(CNC(=O)[C@H](CC(C)C)NC(=O)[C@H](CC(C)C)NC(=O)[C@H](CC(C)C)NC(=O)c2cccc(OC)c2OC)c1OC. The summed E-state index contributed by atoms with van der Waals surface area (Å²) in [5, 5.41) is 11.5. The molecule has 0 aromatic heterocycles. The van der Waals surface area contributed by atoms with Crippen molar-refractivity contribution >= 4 is 23.6 Å². The van der Waals surface area contributed by atoms with Gasteiger partial charge >= 0.3 is 0 Å². The van der Waals surface area contributed by atoms with Crippen LogP contribution in [0.15, 0.2) is 36.4 Å². The van der Waals surface area contributed by atoms with Gasteiger partial charge in [-0.1, -0.05) is 59.7 Å². The Hall–Kier alpha value is -4.48. The predicted molar refractivity (Wildman–Crippen MR) is 184 cm³/mol. The Balaban J connectivity index is 2.26. The van der Waals surface area contributed by atoms with Gasteiger partial charge in [0.15, 0.2) is 23.0 Å². The van der Waals surface area contributed by atoms with Gasteiger partial charge in [-0.05, 0) is 55.2 Å². The van der Waals surface area contributed by atoms with E-state index in [0.717, 1.165) is 5.56 Å². The van der Waals surface area contributed by atoms with Crippen molar-refractivity contribution in [1.29, 1.82) is 0 Å². The molecule has 3 atom stereocenters. The average molecular weight is 671 g/mol. The summed E-state index contributed by atoms with van der Waals surface area (Å²) in [5.41, 5.74) is 0.929. The highest BCUT2D eigenvalue weighted by atomic mass is 16.5. The first-order valence-electron chi connectivity index (χ1n) is 16.4. The van der Waals surface area contributed by atoms with E-state index in [-0.39, 0.29) is 41.5 Å². The first kappa shape index (κ1) is 39.7. The summed E-state index contributed by atoms with van der Waals surface area (Å²) >= 11 is 0. The zero-order chi connectivity index (χ0) is 36.0. The van der Waals surface area contributed by atoms with Gasteiger partial charge in [-0.25, -0.2) is 0 Å². The minimum Gasteiger partial charge on any atom is -0.493 e. The number of amides is 4. The smallest absolute Gasteiger partial charge is 0.255 e. The summed E-state index contributed by atoms with van der Waals surface area (Å²) in [6.07, 6.45) is 1.02. The van der Waals surface area contributed by atoms with E-state index in [0.29, 0.717) is 36.5 Å². The molecule has 12 heteroatoms. The van der Waals surface area contributed by atoms with E-state index in [9.17, 15) is 19.2 Å². The zero-order valence-corrected chi connectivity index (χ0v) is 30.0. The van der Waals surface area contributed by atoms with E-state index in [1.165, 1.54) is 28.4 Å². The van der Waals surface area contributed by atoms with Gasteiger partial charge in [-0.2, -0.15) is 0 Å². The molecule has 0 fully saturated rings. The molecular formula is C36H54N4O8. The largest absolute Gasteiger partial charge is 0.493 e. The maximum atomic E-state index is 13.8. The standard InChI is InChI=1S/C36H54N4O8/c1-21(2)17-26(34(42)37-20-24-13-11-15-29(45-7)31(24)47-9)39-36(44)28(19-23(5)6)40-35(43)27(18-22(3)4)38-33(41)25-14-12-16-30(46-8)32(25)48-10/h11-16,21-23,26-28H,17-20H2,1-10H3,(H,37,42)(H,38,41)(H,39,44)(H,40,43)/t26-,27-,28-/m0/s1. The first-order valence-corrected chi connectivity index (χ1v) is 16.4. The van der Waals surface area contributed by atoms with E-state index in [1.54, 1.807) is 30.3 Å². The number of hydrogen-bond acceptors (Lipinski definition) is 8. The third-order valence-corrected chi connectivity index (χ3v) is 7.59. The highest BCUT2D eigenvalue weighted by molar-refractivity contribution is 6.01. The van der Waals surface area contributed by atoms with E-state index >= 15 is 0 Å². The molecule has 0 aliphatic heterocycles. The number of nitrogens with one attached hydrogen (secondary N) is 4. The molecule has 2 rings (SSSR count). The number of rotatable bonds is 19. The summed E-state index contributed by atoms with van der Waals surface area (Å²) in [6.45, 7) is 11.8. The molecule has 0 bridgehead atoms. The van der Waals surface area contributed by atoms with Crippen LogP contribution >= 0.6 is 0 Å². The number of benzene rings is 2. The zero-order valence-electron chi connectivity index (χ0n) is 30.0. The van der Waals surface area contributed by atoms with Crippen molar-refractivity contribution in [2.45, 2.75) is 85.5 Å². The summed E-state index contributed by atoms with van der Waals surface area (Å²) in [5.74, 6) is -0.0164. The Morgan fingerprint density at radius 3 is 1.46 bits per heavy atom. The first-order chi connectivity index (χ1) is 22.8. The molecule has 12 nitrogen and oxygen atoms in total. The predicted octanol–water partition coefficient (Wildman–Crippen LogP) is 4.24. The Morgan fingerprint density at radius 2 is 1.00 bits per heavy atom. The van der Waals surface area contributed by atoms with Crippen molar-refractivity contribution < 1.29 is 38.1 Å². The number of methoxy groups -OCH3 is 4. The number of ether oxygens (including phenoxy) is 4. The van der Waals surface area contributed by atoms with Crippen LogP contribution in [0.4, 0.5) is 0 Å². The molecule has 0 saturated carbocycles. The number of carbonyl (C=O) groups is 4. The normalized spacial score (nSPS) is 12.9. The lowest BCUT2D eigenvalue weighted by atomic mass is 9.98. The fraction of sp³-hybridized carbons (Fsp3) is 0.556. The molecule has 0 saturated heterocycles. The molecule has 2 aromatic carbocycles. The van der Waals surface area contributed by atoms with E-state index in [1.807, 2.05) is 47.6 Å². The van der Waals surface area contributed by atoms with Gasteiger partial charge in [0.2, 0.25) is 17.7 Å². The lowest BCUT2D eigenvalue weighted by molar-refractivity contribution is -0.133. The molecule has 4 N–H and O–H groups in total. The van der Waals surface area contributed by atoms with Crippen LogP contribution < -0.4 is 40.2 Å². The van der Waals surface area contributed by atoms with Crippen molar-refractivity contribution in [2.75, 3.05) is 28.4 Å². The maximum absolute atomic E-state index is 13.8. The lowest BCUT2D eigenvalue weighted by Gasteiger charge is -2.27. The number of carbonyl (C=O) groups excluding carboxylic acids is 4. The fourth-order valence-electron chi connectivity index (χ4n) is 5.35. The van der Waals surface area contributed by atoms with Gasteiger partial charge in [-0.15, -0.1) is 0 Å². The molecule has 48 heavy (non-hydrogen) atoms. The van der Waals surface area contributed by atoms with Gasteiger partial charge in [0, 0.05) is 12.1 Å². The second kappa shape index (κ2) is 19.4. The van der Waals surface area contributed by atoms with E-state index < -0.39 is 35.8 Å². The molecule has 0 heterocycles. The van der Waals surface area contributed by atoms with Gasteiger partial charge in [0.25, 0.3) is 5.91 Å². The Morgan fingerprint density at radius 1 is 0.562 bits per heavy atom. The average Bonchev–Trinajstić information content (AvgIpc) is 3.04. The summed E-state index contributed by atoms with van der Waals surface area (Å²) < 4.78 is 21.6. The van der Waals surface area contributed by atoms with Crippen LogP contribution in [-0.2, 0) is 20.9 Å². The van der Waals surface area contributed by atoms with Crippen LogP contribution in [0.2, 0.25) is 0 Å². The van der Waals surface area contributed by atoms with Crippen LogP contribution in [0.5, 0.6) is 23.0 Å². The molecular weight excluding hydrogens is 616 g/mol. The van der Waals surface area contributed by atoms with Crippen molar-refractivity contribution in [3.05, 3.63) is 47.5 Å². The minimum atomic E-state index is -0.948. The molecule has 266 valence electrons. The van der Waals surface area contributed by atoms with Gasteiger partial charge in [0.1, 0.15) is 18.1 Å². The fourth-order valence-corrected chi connectivity index (χ4v) is 5.35. The van der Waals surface area contributed by atoms with Crippen LogP contribution in [0, 0.1) is 17.8 Å². The third-order valence-electron chi connectivity index (χ3n) is 7.59. The van der Waals surface area contributed by atoms with E-state index in [4.69, 9.17) is 18.9 Å². The maximum Gasteiger partial charge on any atom is 0.255 e. The Kier molecular flexibility index (Phi) is 16.0. The minimum absolute atomic E-state index is 0.0399. The molecule has 0 radical (unpaired) electrons. The van der Waals surface area contributed by atoms with Gasteiger partial charge < -0.3 is 40.2 Å². The molecule has 0 spiro atoms. The van der Waals surface area contributed by atoms with Crippen LogP contribution in [-0.4, -0.2) is 70.2 Å². The second-order valence-corrected chi connectivity index (χ2v) is 12.9. The summed E-state index contributed by atoms with van der Waals surface area (Å²) in [7, 11) is 5.98. The van der Waals surface area contributed by atoms with Crippen molar-refractivity contribution in [3.8, 4) is 23.0 Å². The molecule has 0 aliphatic carbocycles. The van der Waals surface area contributed by atoms with E-state index in [2.05, 4.69) is 21.3 Å². The molecule has 0 unspecified atom stereocenters. The highest BCUT2D eigenvalue weighted by Crippen LogP contribution is 2.31. The third kappa shape index (κ3) is 11.6. The van der Waals surface area contributed by atoms with Crippen molar-refractivity contribution in [1.82, 2.24) is 21.3 Å². The topological polar surface area (TPSA) is 153 Å². The van der Waals surface area contributed by atoms with Crippen LogP contribution in [0.25, 0.3) is 0 Å². The summed E-state index contributed by atoms with van der Waals surface area (Å²) in [6, 6.07) is 7.56. The second-order valence-electron chi connectivity index (χ2n) is 12.9. The lowest BCUT2D eigenvalue weighted by Crippen LogP contribution is -2.57. The highest BCUT2D eigenvalue weighted by Gasteiger charge is 2.31. The van der Waals surface area contributed by atoms with Crippen LogP contribution in [0.3, 0.4) is 0 Å². The molecule has 2 aromatic rings. The Labute approximate surface area is 285 Å². The summed E-state index contributed by atoms with van der Waals surface area (Å²) in [4.78, 5) is 54.3. The molecule has 0 aliphatic rings. The van der Waals surface area contributed by atoms with Crippen molar-refractivity contribution in [2.24, 2.45) is 17.8 Å². The van der Waals surface area contributed by atoms with Gasteiger partial charge in [0.05, 0.1) is 34.0 Å². The van der Waals surface area contributed by atoms with Gasteiger partial charge in [-0.3, -0.25) is 19.2 Å². The molecule has 4 amide bonds. The van der Waals surface area contributed by atoms with Crippen LogP contribution in [0.1, 0.15) is 76.7 Å². The quantitative estimate of drug-likeness (QED) is 0.173. The van der Waals surface area contributed by atoms with Crippen molar-refractivity contribution in [3.63, 3.8) is 0 Å².